The Balaban J connectivity index is 2.27. The van der Waals surface area contributed by atoms with Gasteiger partial charge in [-0.15, -0.1) is 0 Å². The van der Waals surface area contributed by atoms with Crippen LogP contribution in [0.2, 0.25) is 0 Å². The summed E-state index contributed by atoms with van der Waals surface area (Å²) < 4.78 is 1.36. The van der Waals surface area contributed by atoms with Crippen molar-refractivity contribution in [2.45, 2.75) is 10.9 Å². The molecular formula is C11H12N6O3S. The third-order valence-corrected chi connectivity index (χ3v) is 3.62. The summed E-state index contributed by atoms with van der Waals surface area (Å²) in [5.74, 6) is 0.278. The van der Waals surface area contributed by atoms with E-state index in [0.717, 1.165) is 0 Å². The Morgan fingerprint density at radius 3 is 3.05 bits per heavy atom. The molecule has 0 aliphatic heterocycles. The highest BCUT2D eigenvalue weighted by atomic mass is 32.2. The topological polar surface area (TPSA) is 139 Å². The van der Waals surface area contributed by atoms with Crippen molar-refractivity contribution >= 4 is 17.6 Å². The van der Waals surface area contributed by atoms with Crippen LogP contribution in [0.5, 0.6) is 0 Å². The molecule has 21 heavy (non-hydrogen) atoms. The molecule has 10 heteroatoms. The van der Waals surface area contributed by atoms with Gasteiger partial charge >= 0.3 is 11.1 Å². The molecular weight excluding hydrogens is 296 g/mol. The van der Waals surface area contributed by atoms with E-state index in [1.165, 1.54) is 22.6 Å². The number of amidine groups is 1. The number of hydrogen-bond donors (Lipinski definition) is 3. The lowest BCUT2D eigenvalue weighted by molar-refractivity contribution is 0.318. The molecule has 0 saturated carbocycles. The Labute approximate surface area is 122 Å². The fourth-order valence-electron chi connectivity index (χ4n) is 1.57. The van der Waals surface area contributed by atoms with E-state index in [1.807, 2.05) is 0 Å². The van der Waals surface area contributed by atoms with Gasteiger partial charge in [-0.3, -0.25) is 24.4 Å². The van der Waals surface area contributed by atoms with Gasteiger partial charge < -0.3 is 10.9 Å². The number of nitrogens with zero attached hydrogens (tertiary/aromatic N) is 4. The maximum absolute atomic E-state index is 11.3. The predicted molar refractivity (Wildman–Crippen MR) is 76.4 cm³/mol. The smallest absolute Gasteiger partial charge is 0.339 e. The van der Waals surface area contributed by atoms with Crippen molar-refractivity contribution in [1.29, 1.82) is 0 Å². The van der Waals surface area contributed by atoms with Crippen LogP contribution in [0.1, 0.15) is 11.3 Å². The van der Waals surface area contributed by atoms with Crippen molar-refractivity contribution < 1.29 is 5.21 Å². The van der Waals surface area contributed by atoms with Crippen LogP contribution in [0, 0.1) is 0 Å². The van der Waals surface area contributed by atoms with Crippen molar-refractivity contribution in [1.82, 2.24) is 19.7 Å². The SMILES string of the molecule is Cn1[nH]c(=O)c(=O)nc1SCc1cccnc1/C(N)=N/O. The molecule has 2 aromatic rings. The highest BCUT2D eigenvalue weighted by molar-refractivity contribution is 7.98. The minimum atomic E-state index is -0.849. The molecule has 0 spiro atoms. The molecule has 110 valence electrons. The van der Waals surface area contributed by atoms with Crippen molar-refractivity contribution in [2.75, 3.05) is 0 Å². The highest BCUT2D eigenvalue weighted by Crippen LogP contribution is 2.20. The van der Waals surface area contributed by atoms with Crippen molar-refractivity contribution in [3.05, 3.63) is 50.3 Å². The lowest BCUT2D eigenvalue weighted by Gasteiger charge is -2.08. The molecule has 0 atom stereocenters. The Morgan fingerprint density at radius 2 is 2.33 bits per heavy atom. The van der Waals surface area contributed by atoms with Crippen LogP contribution < -0.4 is 16.9 Å². The lowest BCUT2D eigenvalue weighted by Crippen LogP contribution is -2.33. The molecule has 2 heterocycles. The third kappa shape index (κ3) is 3.28. The van der Waals surface area contributed by atoms with Crippen LogP contribution in [0.4, 0.5) is 0 Å². The molecule has 0 radical (unpaired) electrons. The number of rotatable bonds is 4. The second-order valence-electron chi connectivity index (χ2n) is 3.98. The van der Waals surface area contributed by atoms with Gasteiger partial charge in [-0.25, -0.2) is 0 Å². The Kier molecular flexibility index (Phi) is 4.38. The quantitative estimate of drug-likeness (QED) is 0.169. The molecule has 0 aliphatic carbocycles. The summed E-state index contributed by atoms with van der Waals surface area (Å²) in [5, 5.41) is 14.3. The van der Waals surface area contributed by atoms with Crippen molar-refractivity contribution in [3.8, 4) is 0 Å². The number of aromatic nitrogens is 4. The number of nitrogens with one attached hydrogen (secondary N) is 1. The zero-order valence-electron chi connectivity index (χ0n) is 11.0. The third-order valence-electron chi connectivity index (χ3n) is 2.55. The summed E-state index contributed by atoms with van der Waals surface area (Å²) in [7, 11) is 1.57. The first-order chi connectivity index (χ1) is 10.0. The van der Waals surface area contributed by atoms with E-state index in [-0.39, 0.29) is 5.84 Å². The molecule has 9 nitrogen and oxygen atoms in total. The molecule has 2 rings (SSSR count). The number of hydrogen-bond acceptors (Lipinski definition) is 7. The van der Waals surface area contributed by atoms with E-state index in [0.29, 0.717) is 22.2 Å². The van der Waals surface area contributed by atoms with Gasteiger partial charge in [-0.05, 0) is 11.6 Å². The number of nitrogens with two attached hydrogens (primary N) is 1. The molecule has 0 saturated heterocycles. The Hall–Kier alpha value is -2.62. The fraction of sp³-hybridized carbons (Fsp3) is 0.182. The van der Waals surface area contributed by atoms with Crippen LogP contribution >= 0.6 is 11.8 Å². The molecule has 2 aromatic heterocycles. The standard InChI is InChI=1S/C11H12N6O3S/c1-17-11(14-9(18)10(19)15-17)21-5-6-3-2-4-13-7(6)8(12)16-20/h2-4,20H,5H2,1H3,(H2,12,16)(H,15,19). The van der Waals surface area contributed by atoms with E-state index in [9.17, 15) is 9.59 Å². The molecule has 0 bridgehead atoms. The normalized spacial score (nSPS) is 11.6. The van der Waals surface area contributed by atoms with Gasteiger partial charge in [0, 0.05) is 19.0 Å². The summed E-state index contributed by atoms with van der Waals surface area (Å²) >= 11 is 1.21. The van der Waals surface area contributed by atoms with Gasteiger partial charge in [-0.2, -0.15) is 4.98 Å². The van der Waals surface area contributed by atoms with Crippen LogP contribution in [-0.2, 0) is 12.8 Å². The second kappa shape index (κ2) is 6.22. The number of H-pyrrole nitrogens is 1. The summed E-state index contributed by atoms with van der Waals surface area (Å²) in [6.07, 6.45) is 1.52. The van der Waals surface area contributed by atoms with Gasteiger partial charge in [-0.1, -0.05) is 23.0 Å². The monoisotopic (exact) mass is 308 g/mol. The second-order valence-corrected chi connectivity index (χ2v) is 4.93. The zero-order valence-corrected chi connectivity index (χ0v) is 11.8. The van der Waals surface area contributed by atoms with Gasteiger partial charge in [0.25, 0.3) is 0 Å². The van der Waals surface area contributed by atoms with E-state index in [4.69, 9.17) is 10.9 Å². The molecule has 0 amide bonds. The number of pyridine rings is 1. The van der Waals surface area contributed by atoms with Crippen molar-refractivity contribution in [3.63, 3.8) is 0 Å². The molecule has 0 aromatic carbocycles. The molecule has 0 fully saturated rings. The number of aryl methyl sites for hydroxylation is 1. The highest BCUT2D eigenvalue weighted by Gasteiger charge is 2.11. The summed E-state index contributed by atoms with van der Waals surface area (Å²) in [6, 6.07) is 3.47. The van der Waals surface area contributed by atoms with Gasteiger partial charge in [0.05, 0.1) is 0 Å². The molecule has 4 N–H and O–H groups in total. The largest absolute Gasteiger partial charge is 0.409 e. The minimum Gasteiger partial charge on any atom is -0.409 e. The van der Waals surface area contributed by atoms with Gasteiger partial charge in [0.15, 0.2) is 11.0 Å². The maximum atomic E-state index is 11.3. The van der Waals surface area contributed by atoms with E-state index < -0.39 is 11.1 Å². The van der Waals surface area contributed by atoms with Gasteiger partial charge in [0.1, 0.15) is 5.69 Å². The van der Waals surface area contributed by atoms with Gasteiger partial charge in [0.2, 0.25) is 0 Å². The predicted octanol–water partition coefficient (Wildman–Crippen LogP) is -0.750. The average Bonchev–Trinajstić information content (AvgIpc) is 2.49. The lowest BCUT2D eigenvalue weighted by atomic mass is 10.2. The first-order valence-corrected chi connectivity index (χ1v) is 6.73. The number of aromatic amines is 1. The fourth-order valence-corrected chi connectivity index (χ4v) is 2.47. The molecule has 0 unspecified atom stereocenters. The van der Waals surface area contributed by atoms with E-state index in [2.05, 4.69) is 20.2 Å². The average molecular weight is 308 g/mol. The summed E-state index contributed by atoms with van der Waals surface area (Å²) in [4.78, 5) is 30.1. The van der Waals surface area contributed by atoms with Crippen LogP contribution in [0.25, 0.3) is 0 Å². The minimum absolute atomic E-state index is 0.102. The first-order valence-electron chi connectivity index (χ1n) is 5.75. The van der Waals surface area contributed by atoms with E-state index >= 15 is 0 Å². The summed E-state index contributed by atoms with van der Waals surface area (Å²) in [6.45, 7) is 0. The van der Waals surface area contributed by atoms with Crippen LogP contribution in [0.15, 0.2) is 38.2 Å². The number of thioether (sulfide) groups is 1. The number of oxime groups is 1. The first kappa shape index (κ1) is 14.8. The van der Waals surface area contributed by atoms with E-state index in [1.54, 1.807) is 19.2 Å². The van der Waals surface area contributed by atoms with Crippen LogP contribution in [0.3, 0.4) is 0 Å². The Bertz CT molecular complexity index is 797. The zero-order chi connectivity index (χ0) is 15.4. The van der Waals surface area contributed by atoms with Crippen molar-refractivity contribution in [2.24, 2.45) is 17.9 Å². The van der Waals surface area contributed by atoms with Crippen LogP contribution in [-0.4, -0.2) is 30.8 Å². The maximum Gasteiger partial charge on any atom is 0.339 e. The molecule has 0 aliphatic rings. The summed E-state index contributed by atoms with van der Waals surface area (Å²) in [5.41, 5.74) is 4.98. The Morgan fingerprint density at radius 1 is 1.57 bits per heavy atom.